The van der Waals surface area contributed by atoms with Crippen LogP contribution in [0.4, 0.5) is 4.39 Å². The molecule has 3 N–H and O–H groups in total. The maximum atomic E-state index is 14.2. The van der Waals surface area contributed by atoms with Gasteiger partial charge in [-0.1, -0.05) is 18.2 Å². The fraction of sp³-hybridized carbons (Fsp3) is 0.211. The Balaban J connectivity index is 2.09. The molecule has 0 saturated carbocycles. The van der Waals surface area contributed by atoms with E-state index < -0.39 is 15.8 Å². The average molecular weight is 405 g/mol. The van der Waals surface area contributed by atoms with E-state index in [2.05, 4.69) is 5.10 Å². The molecule has 28 heavy (non-hydrogen) atoms. The first-order valence-corrected chi connectivity index (χ1v) is 10.0. The largest absolute Gasteiger partial charge is 0.494 e. The predicted octanol–water partition coefficient (Wildman–Crippen LogP) is 2.39. The lowest BCUT2D eigenvalue weighted by atomic mass is 10.0. The van der Waals surface area contributed by atoms with Gasteiger partial charge in [0.05, 0.1) is 12.0 Å². The maximum absolute atomic E-state index is 14.2. The number of hydrogen-bond acceptors (Lipinski definition) is 5. The number of aromatic nitrogens is 2. The lowest BCUT2D eigenvalue weighted by Gasteiger charge is -2.06. The zero-order valence-electron chi connectivity index (χ0n) is 15.2. The van der Waals surface area contributed by atoms with Crippen LogP contribution in [0.3, 0.4) is 0 Å². The molecule has 0 spiro atoms. The van der Waals surface area contributed by atoms with Gasteiger partial charge < -0.3 is 9.84 Å². The summed E-state index contributed by atoms with van der Waals surface area (Å²) in [5.41, 5.74) is 2.48. The number of aliphatic hydroxyl groups is 1. The van der Waals surface area contributed by atoms with Gasteiger partial charge in [-0.3, -0.25) is 4.68 Å². The van der Waals surface area contributed by atoms with Crippen molar-refractivity contribution < 1.29 is 22.7 Å². The van der Waals surface area contributed by atoms with E-state index in [1.54, 1.807) is 29.1 Å². The quantitative estimate of drug-likeness (QED) is 0.628. The Bertz CT molecular complexity index is 1080. The van der Waals surface area contributed by atoms with Gasteiger partial charge in [0.15, 0.2) is 11.6 Å². The van der Waals surface area contributed by atoms with Crippen LogP contribution in [0.25, 0.3) is 22.4 Å². The molecule has 0 aliphatic rings. The lowest BCUT2D eigenvalue weighted by molar-refractivity contribution is 0.277. The molecule has 0 radical (unpaired) electrons. The number of sulfonamides is 1. The summed E-state index contributed by atoms with van der Waals surface area (Å²) in [4.78, 5) is -0.00648. The Morgan fingerprint density at radius 2 is 1.86 bits per heavy atom. The summed E-state index contributed by atoms with van der Waals surface area (Å²) in [7, 11) is -2.41. The molecule has 0 aliphatic carbocycles. The molecule has 3 rings (SSSR count). The number of halogens is 1. The highest BCUT2D eigenvalue weighted by Gasteiger charge is 2.16. The highest BCUT2D eigenvalue weighted by Crippen LogP contribution is 2.33. The SMILES string of the molecule is COc1ccc(-c2cn(CCCO)nc2-c2ccc(S(N)(=O)=O)cc2)cc1F. The highest BCUT2D eigenvalue weighted by atomic mass is 32.2. The van der Waals surface area contributed by atoms with Crippen molar-refractivity contribution in [2.75, 3.05) is 13.7 Å². The fourth-order valence-electron chi connectivity index (χ4n) is 2.83. The van der Waals surface area contributed by atoms with E-state index >= 15 is 0 Å². The number of aryl methyl sites for hydroxylation is 1. The Hall–Kier alpha value is -2.75. The van der Waals surface area contributed by atoms with E-state index in [1.165, 1.54) is 31.4 Å². The molecule has 7 nitrogen and oxygen atoms in total. The van der Waals surface area contributed by atoms with E-state index in [-0.39, 0.29) is 17.3 Å². The van der Waals surface area contributed by atoms with E-state index in [0.29, 0.717) is 35.3 Å². The Morgan fingerprint density at radius 1 is 1.18 bits per heavy atom. The summed E-state index contributed by atoms with van der Waals surface area (Å²) in [6.45, 7) is 0.502. The Kier molecular flexibility index (Phi) is 5.78. The van der Waals surface area contributed by atoms with Gasteiger partial charge >= 0.3 is 0 Å². The van der Waals surface area contributed by atoms with Gasteiger partial charge in [-0.15, -0.1) is 0 Å². The minimum absolute atomic E-state index is 0.00648. The van der Waals surface area contributed by atoms with E-state index in [1.807, 2.05) is 0 Å². The topological polar surface area (TPSA) is 107 Å². The van der Waals surface area contributed by atoms with Gasteiger partial charge in [-0.2, -0.15) is 5.10 Å². The number of nitrogens with zero attached hydrogens (tertiary/aromatic N) is 2. The summed E-state index contributed by atoms with van der Waals surface area (Å²) >= 11 is 0. The van der Waals surface area contributed by atoms with Crippen LogP contribution in [0.1, 0.15) is 6.42 Å². The van der Waals surface area contributed by atoms with Crippen molar-refractivity contribution in [3.8, 4) is 28.1 Å². The van der Waals surface area contributed by atoms with Crippen LogP contribution in [-0.2, 0) is 16.6 Å². The van der Waals surface area contributed by atoms with Crippen LogP contribution < -0.4 is 9.88 Å². The van der Waals surface area contributed by atoms with Gasteiger partial charge in [-0.05, 0) is 36.2 Å². The van der Waals surface area contributed by atoms with E-state index in [4.69, 9.17) is 15.0 Å². The monoisotopic (exact) mass is 405 g/mol. The Labute approximate surface area is 162 Å². The normalized spacial score (nSPS) is 11.6. The van der Waals surface area contributed by atoms with Gasteiger partial charge in [-0.25, -0.2) is 17.9 Å². The molecular formula is C19H20FN3O4S. The minimum Gasteiger partial charge on any atom is -0.494 e. The molecule has 0 aliphatic heterocycles. The van der Waals surface area contributed by atoms with Crippen molar-refractivity contribution in [2.24, 2.45) is 5.14 Å². The molecule has 3 aromatic rings. The van der Waals surface area contributed by atoms with Crippen LogP contribution in [0, 0.1) is 5.82 Å². The average Bonchev–Trinajstić information content (AvgIpc) is 3.10. The van der Waals surface area contributed by atoms with Crippen molar-refractivity contribution in [3.63, 3.8) is 0 Å². The molecule has 1 aromatic heterocycles. The molecule has 0 fully saturated rings. The highest BCUT2D eigenvalue weighted by molar-refractivity contribution is 7.89. The van der Waals surface area contributed by atoms with Gasteiger partial charge in [0.1, 0.15) is 5.69 Å². The van der Waals surface area contributed by atoms with Crippen LogP contribution in [0.15, 0.2) is 53.6 Å². The summed E-state index contributed by atoms with van der Waals surface area (Å²) < 4.78 is 43.8. The predicted molar refractivity (Wildman–Crippen MR) is 103 cm³/mol. The number of hydrogen-bond donors (Lipinski definition) is 2. The third kappa shape index (κ3) is 4.22. The summed E-state index contributed by atoms with van der Waals surface area (Å²) in [6.07, 6.45) is 2.28. The van der Waals surface area contributed by atoms with Crippen molar-refractivity contribution >= 4 is 10.0 Å². The molecule has 148 valence electrons. The Morgan fingerprint density at radius 3 is 2.43 bits per heavy atom. The van der Waals surface area contributed by atoms with Crippen molar-refractivity contribution in [1.29, 1.82) is 0 Å². The smallest absolute Gasteiger partial charge is 0.238 e. The number of rotatable bonds is 7. The maximum Gasteiger partial charge on any atom is 0.238 e. The third-order valence-corrected chi connectivity index (χ3v) is 5.16. The van der Waals surface area contributed by atoms with Crippen molar-refractivity contribution in [2.45, 2.75) is 17.9 Å². The van der Waals surface area contributed by atoms with E-state index in [0.717, 1.165) is 0 Å². The third-order valence-electron chi connectivity index (χ3n) is 4.23. The first kappa shape index (κ1) is 20.0. The van der Waals surface area contributed by atoms with Crippen molar-refractivity contribution in [1.82, 2.24) is 9.78 Å². The van der Waals surface area contributed by atoms with E-state index in [9.17, 15) is 12.8 Å². The fourth-order valence-corrected chi connectivity index (χ4v) is 3.34. The van der Waals surface area contributed by atoms with Gasteiger partial charge in [0.25, 0.3) is 0 Å². The number of benzene rings is 2. The first-order chi connectivity index (χ1) is 13.3. The van der Waals surface area contributed by atoms with Crippen LogP contribution in [-0.4, -0.2) is 37.0 Å². The molecule has 9 heteroatoms. The minimum atomic E-state index is -3.80. The molecule has 0 amide bonds. The van der Waals surface area contributed by atoms with Crippen LogP contribution in [0.2, 0.25) is 0 Å². The second kappa shape index (κ2) is 8.09. The summed E-state index contributed by atoms with van der Waals surface area (Å²) in [5.74, 6) is -0.367. The number of aliphatic hydroxyl groups excluding tert-OH is 1. The molecule has 2 aromatic carbocycles. The molecule has 0 unspecified atom stereocenters. The molecule has 0 atom stereocenters. The zero-order chi connectivity index (χ0) is 20.3. The molecule has 0 saturated heterocycles. The lowest BCUT2D eigenvalue weighted by Crippen LogP contribution is -2.11. The second-order valence-corrected chi connectivity index (χ2v) is 7.71. The number of primary sulfonamides is 1. The number of ether oxygens (including phenoxy) is 1. The van der Waals surface area contributed by atoms with Gasteiger partial charge in [0.2, 0.25) is 10.0 Å². The zero-order valence-corrected chi connectivity index (χ0v) is 16.0. The van der Waals surface area contributed by atoms with Crippen molar-refractivity contribution in [3.05, 3.63) is 54.5 Å². The molecule has 1 heterocycles. The summed E-state index contributed by atoms with van der Waals surface area (Å²) in [6, 6.07) is 10.6. The van der Waals surface area contributed by atoms with Crippen LogP contribution in [0.5, 0.6) is 5.75 Å². The second-order valence-electron chi connectivity index (χ2n) is 6.15. The standard InChI is InChI=1S/C19H20FN3O4S/c1-27-18-8-5-14(11-17(18)20)16-12-23(9-2-10-24)22-19(16)13-3-6-15(7-4-13)28(21,25)26/h3-8,11-12,24H,2,9-10H2,1H3,(H2,21,25,26). The first-order valence-electron chi connectivity index (χ1n) is 8.49. The summed E-state index contributed by atoms with van der Waals surface area (Å²) in [5, 5.41) is 18.7. The molecular weight excluding hydrogens is 385 g/mol. The van der Waals surface area contributed by atoms with Crippen LogP contribution >= 0.6 is 0 Å². The van der Waals surface area contributed by atoms with Gasteiger partial charge in [0, 0.05) is 30.5 Å². The number of methoxy groups -OCH3 is 1. The number of nitrogens with two attached hydrogens (primary N) is 1. The molecule has 0 bridgehead atoms.